The molecule has 16 heavy (non-hydrogen) atoms. The van der Waals surface area contributed by atoms with Crippen molar-refractivity contribution in [2.45, 2.75) is 30.6 Å². The van der Waals surface area contributed by atoms with Crippen LogP contribution in [-0.4, -0.2) is 14.7 Å². The van der Waals surface area contributed by atoms with Gasteiger partial charge in [-0.05, 0) is 30.4 Å². The van der Waals surface area contributed by atoms with Gasteiger partial charge in [0.15, 0.2) is 9.84 Å². The normalized spacial score (nSPS) is 19.1. The van der Waals surface area contributed by atoms with Crippen LogP contribution in [0, 0.1) is 0 Å². The maximum absolute atomic E-state index is 11.2. The Morgan fingerprint density at radius 3 is 2.56 bits per heavy atom. The molecular formula is C12H17NO2S. The summed E-state index contributed by atoms with van der Waals surface area (Å²) in [6.07, 6.45) is 4.40. The lowest BCUT2D eigenvalue weighted by Crippen LogP contribution is -2.43. The fourth-order valence-corrected chi connectivity index (χ4v) is 2.90. The van der Waals surface area contributed by atoms with Crippen LogP contribution < -0.4 is 5.73 Å². The molecule has 1 aromatic carbocycles. The Morgan fingerprint density at radius 2 is 2.06 bits per heavy atom. The first-order valence-corrected chi connectivity index (χ1v) is 7.51. The molecule has 3 nitrogen and oxygen atoms in total. The first-order valence-electron chi connectivity index (χ1n) is 5.45. The van der Waals surface area contributed by atoms with Crippen molar-refractivity contribution in [3.63, 3.8) is 0 Å². The summed E-state index contributed by atoms with van der Waals surface area (Å²) in [6.45, 7) is 0. The quantitative estimate of drug-likeness (QED) is 0.871. The molecule has 1 aliphatic rings. The monoisotopic (exact) mass is 239 g/mol. The van der Waals surface area contributed by atoms with Gasteiger partial charge in [0.2, 0.25) is 0 Å². The minimum atomic E-state index is -2.97. The van der Waals surface area contributed by atoms with Crippen LogP contribution in [0.25, 0.3) is 0 Å². The molecule has 1 aliphatic carbocycles. The summed E-state index contributed by atoms with van der Waals surface area (Å²) in [4.78, 5) is 0. The number of hydrogen-bond acceptors (Lipinski definition) is 3. The summed E-state index contributed by atoms with van der Waals surface area (Å²) in [7, 11) is -2.97. The van der Waals surface area contributed by atoms with Crippen LogP contribution >= 0.6 is 0 Å². The zero-order valence-corrected chi connectivity index (χ0v) is 10.3. The Kier molecular flexibility index (Phi) is 2.80. The summed E-state index contributed by atoms with van der Waals surface area (Å²) in [5.41, 5.74) is 7.89. The van der Waals surface area contributed by atoms with Crippen molar-refractivity contribution >= 4 is 9.84 Å². The summed E-state index contributed by atoms with van der Waals surface area (Å²) < 4.78 is 22.4. The SMILES string of the molecule is CS(=O)(=O)Cc1cccc(C2(N)CCC2)c1. The second kappa shape index (κ2) is 3.86. The lowest BCUT2D eigenvalue weighted by atomic mass is 9.72. The average molecular weight is 239 g/mol. The number of sulfone groups is 1. The van der Waals surface area contributed by atoms with E-state index >= 15 is 0 Å². The number of hydrogen-bond donors (Lipinski definition) is 1. The van der Waals surface area contributed by atoms with Gasteiger partial charge in [-0.25, -0.2) is 8.42 Å². The Balaban J connectivity index is 2.26. The fraction of sp³-hybridized carbons (Fsp3) is 0.500. The van der Waals surface area contributed by atoms with Crippen LogP contribution in [0.1, 0.15) is 30.4 Å². The van der Waals surface area contributed by atoms with E-state index in [4.69, 9.17) is 5.73 Å². The van der Waals surface area contributed by atoms with Crippen molar-refractivity contribution in [2.75, 3.05) is 6.26 Å². The fourth-order valence-electron chi connectivity index (χ4n) is 2.12. The van der Waals surface area contributed by atoms with Crippen molar-refractivity contribution in [1.29, 1.82) is 0 Å². The lowest BCUT2D eigenvalue weighted by Gasteiger charge is -2.38. The molecule has 0 saturated heterocycles. The molecule has 88 valence electrons. The zero-order chi connectivity index (χ0) is 11.8. The second-order valence-electron chi connectivity index (χ2n) is 4.78. The van der Waals surface area contributed by atoms with Gasteiger partial charge in [-0.2, -0.15) is 0 Å². The van der Waals surface area contributed by atoms with Crippen LogP contribution in [0.3, 0.4) is 0 Å². The standard InChI is InChI=1S/C12H17NO2S/c1-16(14,15)9-10-4-2-5-11(8-10)12(13)6-3-7-12/h2,4-5,8H,3,6-7,9,13H2,1H3. The van der Waals surface area contributed by atoms with Gasteiger partial charge < -0.3 is 5.73 Å². The Labute approximate surface area is 96.6 Å². The van der Waals surface area contributed by atoms with Gasteiger partial charge in [-0.3, -0.25) is 0 Å². The van der Waals surface area contributed by atoms with E-state index < -0.39 is 9.84 Å². The van der Waals surface area contributed by atoms with Crippen LogP contribution in [0.15, 0.2) is 24.3 Å². The molecule has 0 spiro atoms. The highest BCUT2D eigenvalue weighted by molar-refractivity contribution is 7.89. The van der Waals surface area contributed by atoms with Crippen LogP contribution in [-0.2, 0) is 21.1 Å². The molecule has 0 unspecified atom stereocenters. The molecule has 0 atom stereocenters. The Bertz CT molecular complexity index is 489. The molecule has 0 bridgehead atoms. The molecule has 1 saturated carbocycles. The summed E-state index contributed by atoms with van der Waals surface area (Å²) >= 11 is 0. The summed E-state index contributed by atoms with van der Waals surface area (Å²) in [5, 5.41) is 0. The van der Waals surface area contributed by atoms with Crippen LogP contribution in [0.4, 0.5) is 0 Å². The molecule has 1 fully saturated rings. The molecule has 1 aromatic rings. The van der Waals surface area contributed by atoms with Gasteiger partial charge in [0, 0.05) is 11.8 Å². The number of benzene rings is 1. The van der Waals surface area contributed by atoms with Crippen molar-refractivity contribution < 1.29 is 8.42 Å². The van der Waals surface area contributed by atoms with E-state index in [-0.39, 0.29) is 11.3 Å². The smallest absolute Gasteiger partial charge is 0.151 e. The average Bonchev–Trinajstić information content (AvgIpc) is 2.12. The molecule has 4 heteroatoms. The number of nitrogens with two attached hydrogens (primary N) is 1. The topological polar surface area (TPSA) is 60.2 Å². The van der Waals surface area contributed by atoms with E-state index in [9.17, 15) is 8.42 Å². The van der Waals surface area contributed by atoms with Gasteiger partial charge in [0.05, 0.1) is 5.75 Å². The molecule has 0 heterocycles. The summed E-state index contributed by atoms with van der Waals surface area (Å²) in [5.74, 6) is 0.0942. The van der Waals surface area contributed by atoms with Crippen LogP contribution in [0.2, 0.25) is 0 Å². The molecule has 0 aliphatic heterocycles. The van der Waals surface area contributed by atoms with E-state index in [2.05, 4.69) is 0 Å². The highest BCUT2D eigenvalue weighted by Gasteiger charge is 2.34. The van der Waals surface area contributed by atoms with Crippen molar-refractivity contribution in [2.24, 2.45) is 5.73 Å². The van der Waals surface area contributed by atoms with E-state index in [1.165, 1.54) is 6.26 Å². The molecule has 2 N–H and O–H groups in total. The minimum absolute atomic E-state index is 0.0942. The maximum Gasteiger partial charge on any atom is 0.151 e. The predicted molar refractivity (Wildman–Crippen MR) is 64.7 cm³/mol. The Hall–Kier alpha value is -0.870. The molecular weight excluding hydrogens is 222 g/mol. The molecule has 0 radical (unpaired) electrons. The number of rotatable bonds is 3. The lowest BCUT2D eigenvalue weighted by molar-refractivity contribution is 0.253. The molecule has 2 rings (SSSR count). The highest BCUT2D eigenvalue weighted by Crippen LogP contribution is 2.38. The van der Waals surface area contributed by atoms with Gasteiger partial charge in [0.25, 0.3) is 0 Å². The predicted octanol–water partition coefficient (Wildman–Crippen LogP) is 1.57. The van der Waals surface area contributed by atoms with E-state index in [0.717, 1.165) is 30.4 Å². The first kappa shape index (κ1) is 11.6. The van der Waals surface area contributed by atoms with Crippen molar-refractivity contribution in [3.05, 3.63) is 35.4 Å². The highest BCUT2D eigenvalue weighted by atomic mass is 32.2. The van der Waals surface area contributed by atoms with E-state index in [1.807, 2.05) is 24.3 Å². The molecule has 0 aromatic heterocycles. The first-order chi connectivity index (χ1) is 7.39. The third-order valence-corrected chi connectivity index (χ3v) is 4.03. The zero-order valence-electron chi connectivity index (χ0n) is 9.44. The van der Waals surface area contributed by atoms with Gasteiger partial charge in [-0.15, -0.1) is 0 Å². The third kappa shape index (κ3) is 2.44. The molecule has 0 amide bonds. The van der Waals surface area contributed by atoms with E-state index in [1.54, 1.807) is 0 Å². The Morgan fingerprint density at radius 1 is 1.38 bits per heavy atom. The van der Waals surface area contributed by atoms with Crippen molar-refractivity contribution in [1.82, 2.24) is 0 Å². The van der Waals surface area contributed by atoms with E-state index in [0.29, 0.717) is 0 Å². The van der Waals surface area contributed by atoms with Gasteiger partial charge >= 0.3 is 0 Å². The maximum atomic E-state index is 11.2. The largest absolute Gasteiger partial charge is 0.321 e. The minimum Gasteiger partial charge on any atom is -0.321 e. The third-order valence-electron chi connectivity index (χ3n) is 3.18. The van der Waals surface area contributed by atoms with Crippen LogP contribution in [0.5, 0.6) is 0 Å². The van der Waals surface area contributed by atoms with Gasteiger partial charge in [0.1, 0.15) is 0 Å². The van der Waals surface area contributed by atoms with Gasteiger partial charge in [-0.1, -0.05) is 24.3 Å². The second-order valence-corrected chi connectivity index (χ2v) is 6.92. The summed E-state index contributed by atoms with van der Waals surface area (Å²) in [6, 6.07) is 7.65. The van der Waals surface area contributed by atoms with Crippen molar-refractivity contribution in [3.8, 4) is 0 Å².